The molecule has 7 nitrogen and oxygen atoms in total. The van der Waals surface area contributed by atoms with E-state index in [-0.39, 0.29) is 11.5 Å². The van der Waals surface area contributed by atoms with Crippen LogP contribution in [-0.4, -0.2) is 26.6 Å². The van der Waals surface area contributed by atoms with Crippen LogP contribution in [0, 0.1) is 0 Å². The molecule has 0 bridgehead atoms. The van der Waals surface area contributed by atoms with Crippen molar-refractivity contribution >= 4 is 40.2 Å². The number of nitrogens with one attached hydrogen (secondary N) is 1. The van der Waals surface area contributed by atoms with Gasteiger partial charge in [-0.25, -0.2) is 4.98 Å². The van der Waals surface area contributed by atoms with Gasteiger partial charge < -0.3 is 11.1 Å². The van der Waals surface area contributed by atoms with Gasteiger partial charge in [-0.3, -0.25) is 19.0 Å². The van der Waals surface area contributed by atoms with Crippen LogP contribution in [-0.2, 0) is 11.3 Å². The van der Waals surface area contributed by atoms with Gasteiger partial charge in [0.25, 0.3) is 5.56 Å². The van der Waals surface area contributed by atoms with Gasteiger partial charge in [-0.05, 0) is 50.2 Å². The van der Waals surface area contributed by atoms with Crippen molar-refractivity contribution in [1.82, 2.24) is 9.55 Å². The third-order valence-electron chi connectivity index (χ3n) is 4.23. The van der Waals surface area contributed by atoms with Crippen LogP contribution in [0.5, 0.6) is 0 Å². The van der Waals surface area contributed by atoms with Crippen LogP contribution in [0.2, 0.25) is 0 Å². The summed E-state index contributed by atoms with van der Waals surface area (Å²) in [5.74, 6) is -0.761. The minimum absolute atomic E-state index is 0.120. The van der Waals surface area contributed by atoms with E-state index in [2.05, 4.69) is 10.3 Å². The molecule has 0 unspecified atom stereocenters. The molecule has 3 aromatic rings. The zero-order valence-corrected chi connectivity index (χ0v) is 16.3. The first-order chi connectivity index (χ1) is 13.4. The smallest absolute Gasteiger partial charge is 0.262 e. The Balaban J connectivity index is 1.80. The Morgan fingerprint density at radius 1 is 1.18 bits per heavy atom. The van der Waals surface area contributed by atoms with Crippen LogP contribution in [0.15, 0.2) is 58.5 Å². The van der Waals surface area contributed by atoms with E-state index in [4.69, 9.17) is 5.73 Å². The lowest BCUT2D eigenvalue weighted by Crippen LogP contribution is -2.26. The largest absolute Gasteiger partial charge is 0.366 e. The first-order valence-corrected chi connectivity index (χ1v) is 9.65. The molecule has 0 aliphatic heterocycles. The molecule has 28 heavy (non-hydrogen) atoms. The van der Waals surface area contributed by atoms with E-state index in [9.17, 15) is 14.4 Å². The van der Waals surface area contributed by atoms with E-state index in [1.54, 1.807) is 54.0 Å². The highest BCUT2D eigenvalue weighted by atomic mass is 32.2. The van der Waals surface area contributed by atoms with Crippen molar-refractivity contribution < 1.29 is 9.59 Å². The maximum absolute atomic E-state index is 12.7. The normalized spacial score (nSPS) is 11.9. The molecule has 3 rings (SSSR count). The van der Waals surface area contributed by atoms with Crippen molar-refractivity contribution in [3.05, 3.63) is 64.4 Å². The second-order valence-electron chi connectivity index (χ2n) is 6.15. The summed E-state index contributed by atoms with van der Waals surface area (Å²) in [5.41, 5.74) is 6.63. The number of carbonyl (C=O) groups excluding carboxylic acids is 2. The van der Waals surface area contributed by atoms with E-state index in [0.717, 1.165) is 0 Å². The molecular weight excluding hydrogens is 376 g/mol. The fourth-order valence-electron chi connectivity index (χ4n) is 2.69. The topological polar surface area (TPSA) is 107 Å². The van der Waals surface area contributed by atoms with Crippen molar-refractivity contribution in [2.24, 2.45) is 5.73 Å². The summed E-state index contributed by atoms with van der Waals surface area (Å²) < 4.78 is 1.57. The molecule has 3 N–H and O–H groups in total. The number of benzene rings is 2. The molecule has 0 saturated carbocycles. The molecule has 1 atom stereocenters. The first kappa shape index (κ1) is 19.6. The van der Waals surface area contributed by atoms with Gasteiger partial charge in [0.1, 0.15) is 0 Å². The number of aromatic nitrogens is 2. The summed E-state index contributed by atoms with van der Waals surface area (Å²) in [6, 6.07) is 13.5. The second-order valence-corrected chi connectivity index (χ2v) is 7.46. The van der Waals surface area contributed by atoms with E-state index in [1.165, 1.54) is 11.8 Å². The third kappa shape index (κ3) is 4.07. The van der Waals surface area contributed by atoms with E-state index in [0.29, 0.717) is 33.9 Å². The lowest BCUT2D eigenvalue weighted by Gasteiger charge is -2.15. The number of hydrogen-bond acceptors (Lipinski definition) is 5. The standard InChI is InChI=1S/C20H20N4O3S/c1-3-24-19(27)15-6-4-5-7-16(15)23-20(24)28-12(2)18(26)22-14-10-8-13(9-11-14)17(21)25/h4-12H,3H2,1-2H3,(H2,21,25)(H,22,26)/t12-/m1/s1. The Kier molecular flexibility index (Phi) is 5.79. The van der Waals surface area contributed by atoms with Crippen molar-refractivity contribution in [2.75, 3.05) is 5.32 Å². The summed E-state index contributed by atoms with van der Waals surface area (Å²) in [7, 11) is 0. The highest BCUT2D eigenvalue weighted by Crippen LogP contribution is 2.23. The Hall–Kier alpha value is -3.13. The molecular formula is C20H20N4O3S. The fourth-order valence-corrected chi connectivity index (χ4v) is 3.66. The number of nitrogens with zero attached hydrogens (tertiary/aromatic N) is 2. The van der Waals surface area contributed by atoms with Crippen LogP contribution in [0.1, 0.15) is 24.2 Å². The zero-order valence-electron chi connectivity index (χ0n) is 15.5. The maximum Gasteiger partial charge on any atom is 0.262 e. The van der Waals surface area contributed by atoms with Crippen LogP contribution >= 0.6 is 11.8 Å². The number of nitrogens with two attached hydrogens (primary N) is 1. The van der Waals surface area contributed by atoms with Crippen molar-refractivity contribution in [3.8, 4) is 0 Å². The van der Waals surface area contributed by atoms with Gasteiger partial charge in [-0.2, -0.15) is 0 Å². The Labute approximate surface area is 166 Å². The highest BCUT2D eigenvalue weighted by Gasteiger charge is 2.19. The lowest BCUT2D eigenvalue weighted by molar-refractivity contribution is -0.115. The molecule has 144 valence electrons. The predicted molar refractivity (Wildman–Crippen MR) is 111 cm³/mol. The maximum atomic E-state index is 12.7. The molecule has 8 heteroatoms. The van der Waals surface area contributed by atoms with Crippen molar-refractivity contribution in [3.63, 3.8) is 0 Å². The van der Waals surface area contributed by atoms with E-state index in [1.807, 2.05) is 13.0 Å². The van der Waals surface area contributed by atoms with Crippen LogP contribution in [0.4, 0.5) is 5.69 Å². The molecule has 2 aromatic carbocycles. The summed E-state index contributed by atoms with van der Waals surface area (Å²) in [6.07, 6.45) is 0. The first-order valence-electron chi connectivity index (χ1n) is 8.77. The zero-order chi connectivity index (χ0) is 20.3. The Bertz CT molecular complexity index is 1090. The minimum Gasteiger partial charge on any atom is -0.366 e. The average Bonchev–Trinajstić information content (AvgIpc) is 2.68. The molecule has 2 amide bonds. The van der Waals surface area contributed by atoms with Gasteiger partial charge in [-0.1, -0.05) is 23.9 Å². The average molecular weight is 396 g/mol. The number of amides is 2. The Morgan fingerprint density at radius 2 is 1.86 bits per heavy atom. The molecule has 0 fully saturated rings. The molecule has 1 aromatic heterocycles. The van der Waals surface area contributed by atoms with Crippen LogP contribution in [0.25, 0.3) is 10.9 Å². The van der Waals surface area contributed by atoms with Crippen molar-refractivity contribution in [1.29, 1.82) is 0 Å². The number of carbonyl (C=O) groups is 2. The van der Waals surface area contributed by atoms with Gasteiger partial charge in [0.2, 0.25) is 11.8 Å². The number of thioether (sulfide) groups is 1. The molecule has 0 aliphatic rings. The fraction of sp³-hybridized carbons (Fsp3) is 0.200. The SMILES string of the molecule is CCn1c(S[C@H](C)C(=O)Nc2ccc(C(N)=O)cc2)nc2ccccc2c1=O. The molecule has 0 saturated heterocycles. The highest BCUT2D eigenvalue weighted by molar-refractivity contribution is 8.00. The second kappa shape index (κ2) is 8.26. The summed E-state index contributed by atoms with van der Waals surface area (Å²) in [6.45, 7) is 4.08. The van der Waals surface area contributed by atoms with Gasteiger partial charge >= 0.3 is 0 Å². The number of fused-ring (bicyclic) bond motifs is 1. The van der Waals surface area contributed by atoms with Crippen molar-refractivity contribution in [2.45, 2.75) is 30.8 Å². The molecule has 0 radical (unpaired) electrons. The molecule has 0 aliphatic carbocycles. The minimum atomic E-state index is -0.526. The van der Waals surface area contributed by atoms with Gasteiger partial charge in [-0.15, -0.1) is 0 Å². The Morgan fingerprint density at radius 3 is 2.50 bits per heavy atom. The van der Waals surface area contributed by atoms with Crippen LogP contribution < -0.4 is 16.6 Å². The molecule has 1 heterocycles. The van der Waals surface area contributed by atoms with E-state index >= 15 is 0 Å². The van der Waals surface area contributed by atoms with E-state index < -0.39 is 11.2 Å². The number of para-hydroxylation sites is 1. The summed E-state index contributed by atoms with van der Waals surface area (Å²) in [4.78, 5) is 40.9. The van der Waals surface area contributed by atoms with Gasteiger partial charge in [0.05, 0.1) is 16.2 Å². The monoisotopic (exact) mass is 396 g/mol. The summed E-state index contributed by atoms with van der Waals surface area (Å²) >= 11 is 1.22. The number of rotatable bonds is 6. The van der Waals surface area contributed by atoms with Gasteiger partial charge in [0.15, 0.2) is 5.16 Å². The molecule has 0 spiro atoms. The number of hydrogen-bond donors (Lipinski definition) is 2. The quantitative estimate of drug-likeness (QED) is 0.492. The predicted octanol–water partition coefficient (Wildman–Crippen LogP) is 2.63. The summed E-state index contributed by atoms with van der Waals surface area (Å²) in [5, 5.41) is 3.36. The van der Waals surface area contributed by atoms with Gasteiger partial charge in [0, 0.05) is 17.8 Å². The lowest BCUT2D eigenvalue weighted by atomic mass is 10.2. The number of primary amides is 1. The third-order valence-corrected chi connectivity index (χ3v) is 5.32. The van der Waals surface area contributed by atoms with Crippen LogP contribution in [0.3, 0.4) is 0 Å². The number of anilines is 1.